The van der Waals surface area contributed by atoms with Crippen LogP contribution in [-0.4, -0.2) is 100 Å². The summed E-state index contributed by atoms with van der Waals surface area (Å²) in [7, 11) is 3.39. The SMILES string of the molecule is CCn1c(-c2cccnc2[C@H](C)OC)c2c3cc(ccc31)C1=CCC(=C1)C[C@H](NC(=O)[C@H](C(C)C)N(C)C(=O)N1CCC[C@H]1c1ccccc1)C(=O)N1CCC[C@H](N1)C(=O)OCC(C)(C)C2. The van der Waals surface area contributed by atoms with Gasteiger partial charge in [0.25, 0.3) is 5.91 Å². The molecular formula is C53H67N7O6. The highest BCUT2D eigenvalue weighted by Gasteiger charge is 2.40. The second-order valence-corrected chi connectivity index (χ2v) is 19.7. The van der Waals surface area contributed by atoms with Crippen molar-refractivity contribution in [1.82, 2.24) is 35.1 Å². The molecule has 13 heteroatoms. The van der Waals surface area contributed by atoms with Crippen LogP contribution in [0.3, 0.4) is 0 Å². The van der Waals surface area contributed by atoms with E-state index in [4.69, 9.17) is 14.5 Å². The van der Waals surface area contributed by atoms with Crippen molar-refractivity contribution in [2.45, 2.75) is 123 Å². The Morgan fingerprint density at radius 3 is 2.55 bits per heavy atom. The van der Waals surface area contributed by atoms with E-state index >= 15 is 0 Å². The fourth-order valence-corrected chi connectivity index (χ4v) is 10.6. The molecule has 5 heterocycles. The molecule has 4 aliphatic rings. The first-order chi connectivity index (χ1) is 31.7. The molecule has 1 aliphatic carbocycles. The fourth-order valence-electron chi connectivity index (χ4n) is 10.6. The van der Waals surface area contributed by atoms with Gasteiger partial charge >= 0.3 is 12.0 Å². The van der Waals surface area contributed by atoms with E-state index in [1.54, 1.807) is 19.1 Å². The zero-order chi connectivity index (χ0) is 46.9. The molecule has 66 heavy (non-hydrogen) atoms. The molecule has 0 radical (unpaired) electrons. The van der Waals surface area contributed by atoms with E-state index < -0.39 is 35.4 Å². The van der Waals surface area contributed by atoms with Crippen molar-refractivity contribution >= 4 is 40.3 Å². The molecule has 8 rings (SSSR count). The number of likely N-dealkylation sites (N-methyl/N-ethyl adjacent to an activating group) is 1. The number of fused-ring (bicyclic) bond motifs is 5. The summed E-state index contributed by atoms with van der Waals surface area (Å²) in [5.74, 6) is -1.41. The van der Waals surface area contributed by atoms with Crippen molar-refractivity contribution < 1.29 is 28.7 Å². The van der Waals surface area contributed by atoms with Gasteiger partial charge in [0.1, 0.15) is 18.1 Å². The zero-order valence-corrected chi connectivity index (χ0v) is 39.9. The normalized spacial score (nSPS) is 22.1. The van der Waals surface area contributed by atoms with Crippen LogP contribution in [0.15, 0.2) is 84.6 Å². The van der Waals surface area contributed by atoms with Crippen molar-refractivity contribution in [2.75, 3.05) is 33.9 Å². The smallest absolute Gasteiger partial charge is 0.324 e. The minimum Gasteiger partial charge on any atom is -0.464 e. The van der Waals surface area contributed by atoms with E-state index in [1.165, 1.54) is 5.01 Å². The summed E-state index contributed by atoms with van der Waals surface area (Å²) in [5, 5.41) is 5.73. The Morgan fingerprint density at radius 1 is 1.03 bits per heavy atom. The maximum atomic E-state index is 14.7. The Kier molecular flexibility index (Phi) is 13.9. The van der Waals surface area contributed by atoms with Gasteiger partial charge in [0, 0.05) is 61.9 Å². The van der Waals surface area contributed by atoms with Crippen molar-refractivity contribution in [3.63, 3.8) is 0 Å². The summed E-state index contributed by atoms with van der Waals surface area (Å²) in [6.45, 7) is 14.1. The summed E-state index contributed by atoms with van der Waals surface area (Å²) in [6, 6.07) is 17.9. The third-order valence-electron chi connectivity index (χ3n) is 14.0. The first-order valence-electron chi connectivity index (χ1n) is 23.9. The number of benzene rings is 2. The lowest BCUT2D eigenvalue weighted by molar-refractivity contribution is -0.155. The van der Waals surface area contributed by atoms with Crippen molar-refractivity contribution in [1.29, 1.82) is 0 Å². The number of cyclic esters (lactones) is 1. The molecule has 6 bridgehead atoms. The number of amides is 4. The number of urea groups is 1. The Hall–Kier alpha value is -5.79. The molecule has 0 saturated carbocycles. The van der Waals surface area contributed by atoms with E-state index in [1.807, 2.05) is 68.3 Å². The highest BCUT2D eigenvalue weighted by atomic mass is 16.5. The van der Waals surface area contributed by atoms with Gasteiger partial charge in [-0.25, -0.2) is 10.2 Å². The molecule has 2 N–H and O–H groups in total. The third-order valence-corrected chi connectivity index (χ3v) is 14.0. The molecule has 4 amide bonds. The minimum absolute atomic E-state index is 0.0770. The van der Waals surface area contributed by atoms with Gasteiger partial charge in [-0.05, 0) is 111 Å². The number of likely N-dealkylation sites (tertiary alicyclic amines) is 1. The van der Waals surface area contributed by atoms with Crippen LogP contribution in [-0.2, 0) is 36.8 Å². The first kappa shape index (κ1) is 46.7. The van der Waals surface area contributed by atoms with Gasteiger partial charge in [0.15, 0.2) is 0 Å². The van der Waals surface area contributed by atoms with E-state index in [0.29, 0.717) is 38.8 Å². The highest BCUT2D eigenvalue weighted by molar-refractivity contribution is 5.96. The van der Waals surface area contributed by atoms with Gasteiger partial charge in [0.2, 0.25) is 5.91 Å². The van der Waals surface area contributed by atoms with Crippen LogP contribution in [0.1, 0.15) is 115 Å². The van der Waals surface area contributed by atoms with E-state index in [9.17, 15) is 19.2 Å². The average Bonchev–Trinajstić information content (AvgIpc) is 4.08. The molecule has 2 aromatic heterocycles. The number of carbonyl (C=O) groups excluding carboxylic acids is 4. The molecule has 4 aromatic rings. The molecule has 2 aromatic carbocycles. The molecule has 2 saturated heterocycles. The number of aryl methyl sites for hydroxylation is 1. The Labute approximate surface area is 389 Å². The molecule has 0 unspecified atom stereocenters. The number of carbonyl (C=O) groups is 4. The van der Waals surface area contributed by atoms with Crippen LogP contribution in [0.25, 0.3) is 27.7 Å². The number of pyridine rings is 1. The Morgan fingerprint density at radius 2 is 1.80 bits per heavy atom. The van der Waals surface area contributed by atoms with Gasteiger partial charge in [-0.2, -0.15) is 0 Å². The number of aromatic nitrogens is 2. The molecule has 350 valence electrons. The predicted molar refractivity (Wildman–Crippen MR) is 257 cm³/mol. The standard InChI is InChI=1S/C53H67N7O6/c1-9-58-45-24-23-38-30-40(45)41(48(58)39-18-13-25-54-46(39)34(4)65-8)31-53(5,6)32-66-51(63)42-19-14-27-60(56-42)50(62)43(29-35-21-22-37(38)28-35)55-49(61)47(33(2)3)57(7)52(64)59-26-15-20-44(59)36-16-11-10-12-17-36/h10-13,16-18,22-25,28,30,33-34,42-44,47,56H,9,14-15,19-21,26-27,29,31-32H2,1-8H3,(H,55,61)/t34-,42-,43-,44-,47-/m0/s1. The fraction of sp³-hybridized carbons (Fsp3) is 0.491. The number of nitrogens with zero attached hydrogens (tertiary/aromatic N) is 5. The lowest BCUT2D eigenvalue weighted by Gasteiger charge is -2.38. The summed E-state index contributed by atoms with van der Waals surface area (Å²) in [4.78, 5) is 65.8. The zero-order valence-electron chi connectivity index (χ0n) is 39.9. The number of rotatable bonds is 9. The largest absolute Gasteiger partial charge is 0.464 e. The number of esters is 1. The number of allylic oxidation sites excluding steroid dienone is 3. The number of hydrogen-bond acceptors (Lipinski definition) is 8. The number of hydrogen-bond donors (Lipinski definition) is 2. The average molecular weight is 898 g/mol. The molecule has 13 nitrogen and oxygen atoms in total. The molecular weight excluding hydrogens is 831 g/mol. The second kappa shape index (κ2) is 19.6. The maximum absolute atomic E-state index is 14.7. The first-order valence-corrected chi connectivity index (χ1v) is 23.9. The Bertz CT molecular complexity index is 2530. The lowest BCUT2D eigenvalue weighted by atomic mass is 9.84. The quantitative estimate of drug-likeness (QED) is 0.160. The van der Waals surface area contributed by atoms with Crippen LogP contribution in [0.2, 0.25) is 0 Å². The van der Waals surface area contributed by atoms with Gasteiger partial charge in [-0.1, -0.05) is 81.8 Å². The summed E-state index contributed by atoms with van der Waals surface area (Å²) < 4.78 is 14.3. The predicted octanol–water partition coefficient (Wildman–Crippen LogP) is 8.55. The van der Waals surface area contributed by atoms with Gasteiger partial charge in [0.05, 0.1) is 30.1 Å². The van der Waals surface area contributed by atoms with Crippen LogP contribution >= 0.6 is 0 Å². The van der Waals surface area contributed by atoms with E-state index in [2.05, 4.69) is 72.5 Å². The lowest BCUT2D eigenvalue weighted by Crippen LogP contribution is -2.62. The summed E-state index contributed by atoms with van der Waals surface area (Å²) in [5.41, 5.74) is 12.1. The number of ether oxygens (including phenoxy) is 2. The summed E-state index contributed by atoms with van der Waals surface area (Å²) in [6.07, 6.45) is 10.2. The van der Waals surface area contributed by atoms with Crippen molar-refractivity contribution in [3.05, 3.63) is 107 Å². The second-order valence-electron chi connectivity index (χ2n) is 19.7. The molecule has 0 spiro atoms. The van der Waals surface area contributed by atoms with Crippen LogP contribution in [0, 0.1) is 11.3 Å². The molecule has 5 atom stereocenters. The number of hydrazine groups is 1. The number of nitrogens with one attached hydrogen (secondary N) is 2. The minimum atomic E-state index is -0.969. The van der Waals surface area contributed by atoms with Gasteiger partial charge in [-0.3, -0.25) is 24.4 Å². The maximum Gasteiger partial charge on any atom is 0.324 e. The van der Waals surface area contributed by atoms with Gasteiger partial charge in [-0.15, -0.1) is 0 Å². The molecule has 3 aliphatic heterocycles. The van der Waals surface area contributed by atoms with E-state index in [-0.39, 0.29) is 43.0 Å². The van der Waals surface area contributed by atoms with Crippen LogP contribution in [0.4, 0.5) is 4.79 Å². The summed E-state index contributed by atoms with van der Waals surface area (Å²) >= 11 is 0. The number of methoxy groups -OCH3 is 1. The van der Waals surface area contributed by atoms with E-state index in [0.717, 1.165) is 75.1 Å². The van der Waals surface area contributed by atoms with Crippen LogP contribution in [0.5, 0.6) is 0 Å². The van der Waals surface area contributed by atoms with Crippen molar-refractivity contribution in [3.8, 4) is 11.3 Å². The van der Waals surface area contributed by atoms with Crippen molar-refractivity contribution in [2.24, 2.45) is 11.3 Å². The molecule has 2 fully saturated rings. The monoisotopic (exact) mass is 898 g/mol. The van der Waals surface area contributed by atoms with Gasteiger partial charge < -0.3 is 29.2 Å². The topological polar surface area (TPSA) is 138 Å². The third kappa shape index (κ3) is 9.42. The van der Waals surface area contributed by atoms with Crippen LogP contribution < -0.4 is 10.7 Å². The Balaban J connectivity index is 1.15. The highest BCUT2D eigenvalue weighted by Crippen LogP contribution is 2.42.